The summed E-state index contributed by atoms with van der Waals surface area (Å²) in [5.41, 5.74) is 3.84. The van der Waals surface area contributed by atoms with Crippen molar-refractivity contribution in [3.63, 3.8) is 0 Å². The van der Waals surface area contributed by atoms with Crippen LogP contribution in [0.5, 0.6) is 0 Å². The van der Waals surface area contributed by atoms with Crippen molar-refractivity contribution in [2.24, 2.45) is 5.92 Å². The summed E-state index contributed by atoms with van der Waals surface area (Å²) in [6, 6.07) is 8.63. The third kappa shape index (κ3) is 1.66. The van der Waals surface area contributed by atoms with Gasteiger partial charge in [-0.3, -0.25) is 0 Å². The third-order valence-corrected chi connectivity index (χ3v) is 5.48. The number of nitrogens with zero attached hydrogens (tertiary/aromatic N) is 1. The Kier molecular flexibility index (Phi) is 2.69. The second kappa shape index (κ2) is 4.34. The van der Waals surface area contributed by atoms with Crippen LogP contribution in [0.15, 0.2) is 24.3 Å². The Bertz CT molecular complexity index is 647. The average molecular weight is 270 g/mol. The lowest BCUT2D eigenvalue weighted by molar-refractivity contribution is -0.922. The first kappa shape index (κ1) is 12.4. The van der Waals surface area contributed by atoms with Gasteiger partial charge in [0.15, 0.2) is 0 Å². The van der Waals surface area contributed by atoms with E-state index in [1.807, 2.05) is 0 Å². The SMILES string of the molecule is CC[C@H]1CC[C@H]2c3[nH]c4ccccc4c3CC[N@@+]2([O-])C1. The number of hydrogen-bond donors (Lipinski definition) is 1. The van der Waals surface area contributed by atoms with E-state index in [0.717, 1.165) is 32.4 Å². The summed E-state index contributed by atoms with van der Waals surface area (Å²) in [5.74, 6) is 0.620. The summed E-state index contributed by atoms with van der Waals surface area (Å²) < 4.78 is 0.0122. The van der Waals surface area contributed by atoms with E-state index in [-0.39, 0.29) is 10.7 Å². The van der Waals surface area contributed by atoms with Crippen LogP contribution in [0.1, 0.15) is 43.5 Å². The van der Waals surface area contributed by atoms with E-state index in [4.69, 9.17) is 0 Å². The first-order valence-electron chi connectivity index (χ1n) is 7.88. The number of nitrogens with one attached hydrogen (secondary N) is 1. The molecule has 1 aromatic heterocycles. The van der Waals surface area contributed by atoms with Gasteiger partial charge >= 0.3 is 0 Å². The molecule has 0 spiro atoms. The molecule has 2 aromatic rings. The first-order valence-corrected chi connectivity index (χ1v) is 7.88. The Morgan fingerprint density at radius 2 is 2.15 bits per heavy atom. The van der Waals surface area contributed by atoms with Crippen molar-refractivity contribution in [1.82, 2.24) is 4.98 Å². The smallest absolute Gasteiger partial charge is 0.130 e. The maximum Gasteiger partial charge on any atom is 0.130 e. The molecule has 1 N–H and O–H groups in total. The minimum atomic E-state index is 0.0122. The molecular formula is C17H22N2O. The predicted molar refractivity (Wildman–Crippen MR) is 81.1 cm³/mol. The molecule has 3 atom stereocenters. The molecule has 0 aliphatic carbocycles. The summed E-state index contributed by atoms with van der Waals surface area (Å²) in [7, 11) is 0. The van der Waals surface area contributed by atoms with Crippen molar-refractivity contribution in [2.45, 2.75) is 38.6 Å². The van der Waals surface area contributed by atoms with Gasteiger partial charge in [-0.25, -0.2) is 0 Å². The normalized spacial score (nSPS) is 32.9. The maximum absolute atomic E-state index is 13.2. The van der Waals surface area contributed by atoms with Gasteiger partial charge in [0.2, 0.25) is 0 Å². The van der Waals surface area contributed by atoms with Crippen LogP contribution in [0, 0.1) is 11.1 Å². The molecule has 1 fully saturated rings. The van der Waals surface area contributed by atoms with Gasteiger partial charge in [-0.2, -0.15) is 0 Å². The second-order valence-electron chi connectivity index (χ2n) is 6.54. The number of rotatable bonds is 1. The van der Waals surface area contributed by atoms with Crippen molar-refractivity contribution in [2.75, 3.05) is 13.1 Å². The number of aromatic nitrogens is 1. The van der Waals surface area contributed by atoms with Gasteiger partial charge in [0, 0.05) is 29.7 Å². The van der Waals surface area contributed by atoms with Gasteiger partial charge in [0.05, 0.1) is 18.8 Å². The highest BCUT2D eigenvalue weighted by Gasteiger charge is 2.42. The molecule has 106 valence electrons. The zero-order valence-electron chi connectivity index (χ0n) is 12.1. The van der Waals surface area contributed by atoms with Gasteiger partial charge in [-0.1, -0.05) is 25.1 Å². The van der Waals surface area contributed by atoms with Gasteiger partial charge < -0.3 is 14.8 Å². The molecule has 3 nitrogen and oxygen atoms in total. The van der Waals surface area contributed by atoms with Gasteiger partial charge in [0.1, 0.15) is 6.04 Å². The summed E-state index contributed by atoms with van der Waals surface area (Å²) in [4.78, 5) is 3.56. The Hall–Kier alpha value is -1.32. The van der Waals surface area contributed by atoms with Gasteiger partial charge in [-0.15, -0.1) is 0 Å². The highest BCUT2D eigenvalue weighted by molar-refractivity contribution is 5.85. The number of hydrogen-bond acceptors (Lipinski definition) is 1. The lowest BCUT2D eigenvalue weighted by atomic mass is 9.84. The van der Waals surface area contributed by atoms with Crippen LogP contribution in [0.3, 0.4) is 0 Å². The number of H-pyrrole nitrogens is 1. The van der Waals surface area contributed by atoms with Crippen molar-refractivity contribution in [3.05, 3.63) is 40.7 Å². The van der Waals surface area contributed by atoms with Gasteiger partial charge in [-0.05, 0) is 24.5 Å². The van der Waals surface area contributed by atoms with E-state index in [2.05, 4.69) is 36.2 Å². The van der Waals surface area contributed by atoms with E-state index in [1.165, 1.54) is 28.6 Å². The van der Waals surface area contributed by atoms with Crippen LogP contribution < -0.4 is 0 Å². The average Bonchev–Trinajstić information content (AvgIpc) is 2.84. The van der Waals surface area contributed by atoms with Crippen LogP contribution in [0.4, 0.5) is 0 Å². The summed E-state index contributed by atoms with van der Waals surface area (Å²) in [6.45, 7) is 3.79. The molecule has 1 saturated heterocycles. The highest BCUT2D eigenvalue weighted by Crippen LogP contribution is 2.45. The molecule has 2 aliphatic rings. The number of aromatic amines is 1. The van der Waals surface area contributed by atoms with Crippen molar-refractivity contribution in [1.29, 1.82) is 0 Å². The fourth-order valence-electron chi connectivity index (χ4n) is 4.32. The Morgan fingerprint density at radius 3 is 3.00 bits per heavy atom. The highest BCUT2D eigenvalue weighted by atomic mass is 16.5. The van der Waals surface area contributed by atoms with Crippen molar-refractivity contribution in [3.8, 4) is 0 Å². The van der Waals surface area contributed by atoms with Crippen LogP contribution in [0.25, 0.3) is 10.9 Å². The standard InChI is InChI=1S/C17H22N2O/c1-2-12-7-8-16-17-14(9-10-19(16,20)11-12)13-5-3-4-6-15(13)18-17/h3-6,12,16,18H,2,7-11H2,1H3/t12-,16-,19+/m0/s1. The molecule has 0 saturated carbocycles. The Balaban J connectivity index is 1.80. The lowest BCUT2D eigenvalue weighted by Crippen LogP contribution is -2.54. The molecular weight excluding hydrogens is 248 g/mol. The zero-order valence-corrected chi connectivity index (χ0v) is 12.1. The second-order valence-corrected chi connectivity index (χ2v) is 6.54. The Morgan fingerprint density at radius 1 is 1.30 bits per heavy atom. The monoisotopic (exact) mass is 270 g/mol. The van der Waals surface area contributed by atoms with Crippen molar-refractivity contribution < 1.29 is 4.65 Å². The number of quaternary nitrogens is 1. The quantitative estimate of drug-likeness (QED) is 0.619. The minimum Gasteiger partial charge on any atom is -0.632 e. The van der Waals surface area contributed by atoms with Crippen molar-refractivity contribution >= 4 is 10.9 Å². The van der Waals surface area contributed by atoms with Crippen LogP contribution in [0.2, 0.25) is 0 Å². The summed E-state index contributed by atoms with van der Waals surface area (Å²) >= 11 is 0. The van der Waals surface area contributed by atoms with Crippen LogP contribution >= 0.6 is 0 Å². The molecule has 0 bridgehead atoms. The van der Waals surface area contributed by atoms with E-state index in [1.54, 1.807) is 0 Å². The van der Waals surface area contributed by atoms with E-state index in [9.17, 15) is 5.21 Å². The lowest BCUT2D eigenvalue weighted by Gasteiger charge is -2.55. The molecule has 0 amide bonds. The molecule has 0 radical (unpaired) electrons. The van der Waals surface area contributed by atoms with Crippen LogP contribution in [-0.4, -0.2) is 22.7 Å². The molecule has 0 unspecified atom stereocenters. The number of fused-ring (bicyclic) bond motifs is 5. The van der Waals surface area contributed by atoms with Gasteiger partial charge in [0.25, 0.3) is 0 Å². The molecule has 20 heavy (non-hydrogen) atoms. The zero-order chi connectivity index (χ0) is 13.7. The summed E-state index contributed by atoms with van der Waals surface area (Å²) in [6.07, 6.45) is 4.32. The number of piperidine rings is 1. The molecule has 3 heteroatoms. The number of para-hydroxylation sites is 1. The third-order valence-electron chi connectivity index (χ3n) is 5.48. The maximum atomic E-state index is 13.2. The molecule has 2 aliphatic heterocycles. The predicted octanol–water partition coefficient (Wildman–Crippen LogP) is 3.90. The fraction of sp³-hybridized carbons (Fsp3) is 0.529. The first-order chi connectivity index (χ1) is 9.71. The van der Waals surface area contributed by atoms with Crippen LogP contribution in [-0.2, 0) is 6.42 Å². The van der Waals surface area contributed by atoms with E-state index < -0.39 is 0 Å². The minimum absolute atomic E-state index is 0.0122. The largest absolute Gasteiger partial charge is 0.632 e. The fourth-order valence-corrected chi connectivity index (χ4v) is 4.32. The van der Waals surface area contributed by atoms with E-state index in [0.29, 0.717) is 5.92 Å². The Labute approximate surface area is 119 Å². The molecule has 4 rings (SSSR count). The number of hydroxylamine groups is 3. The molecule has 3 heterocycles. The topological polar surface area (TPSA) is 38.8 Å². The van der Waals surface area contributed by atoms with E-state index >= 15 is 0 Å². The number of benzene rings is 1. The molecule has 1 aromatic carbocycles. The summed E-state index contributed by atoms with van der Waals surface area (Å²) in [5, 5.41) is 14.6.